The molecule has 0 aliphatic heterocycles. The van der Waals surface area contributed by atoms with Crippen LogP contribution in [0.25, 0.3) is 11.1 Å². The smallest absolute Gasteiger partial charge is 0.416 e. The first-order chi connectivity index (χ1) is 15.3. The minimum atomic E-state index is -4.46. The quantitative estimate of drug-likeness (QED) is 0.523. The molecule has 0 spiro atoms. The molecule has 0 unspecified atom stereocenters. The first kappa shape index (κ1) is 23.3. The Bertz CT molecular complexity index is 1070. The highest BCUT2D eigenvalue weighted by Crippen LogP contribution is 2.33. The van der Waals surface area contributed by atoms with Crippen molar-refractivity contribution < 1.29 is 22.7 Å². The molecule has 6 nitrogen and oxygen atoms in total. The normalized spacial score (nSPS) is 11.4. The maximum atomic E-state index is 13.3. The third-order valence-electron chi connectivity index (χ3n) is 4.65. The first-order valence-electron chi connectivity index (χ1n) is 10.0. The lowest BCUT2D eigenvalue weighted by molar-refractivity contribution is -0.142. The Morgan fingerprint density at radius 1 is 1.06 bits per heavy atom. The van der Waals surface area contributed by atoms with Crippen molar-refractivity contribution >= 4 is 5.97 Å². The van der Waals surface area contributed by atoms with Gasteiger partial charge >= 0.3 is 12.1 Å². The third-order valence-corrected chi connectivity index (χ3v) is 4.65. The fourth-order valence-corrected chi connectivity index (χ4v) is 3.14. The Labute approximate surface area is 183 Å². The van der Waals surface area contributed by atoms with Crippen molar-refractivity contribution in [2.45, 2.75) is 39.5 Å². The van der Waals surface area contributed by atoms with Gasteiger partial charge in [0.1, 0.15) is 0 Å². The number of nitrogens with one attached hydrogen (secondary N) is 1. The number of carbonyl (C=O) groups excluding carboxylic acids is 1. The van der Waals surface area contributed by atoms with Gasteiger partial charge in [-0.1, -0.05) is 6.07 Å². The van der Waals surface area contributed by atoms with Gasteiger partial charge in [0.2, 0.25) is 0 Å². The molecule has 9 heteroatoms. The van der Waals surface area contributed by atoms with Crippen LogP contribution in [0.4, 0.5) is 13.2 Å². The number of ether oxygens (including phenoxy) is 1. The molecule has 3 rings (SSSR count). The molecule has 2 aromatic heterocycles. The van der Waals surface area contributed by atoms with Crippen molar-refractivity contribution in [3.05, 3.63) is 77.1 Å². The second-order valence-corrected chi connectivity index (χ2v) is 7.19. The van der Waals surface area contributed by atoms with Crippen molar-refractivity contribution in [3.8, 4) is 11.1 Å². The molecule has 0 radical (unpaired) electrons. The summed E-state index contributed by atoms with van der Waals surface area (Å²) in [7, 11) is 0. The van der Waals surface area contributed by atoms with Crippen molar-refractivity contribution in [3.63, 3.8) is 0 Å². The van der Waals surface area contributed by atoms with Crippen LogP contribution in [0.5, 0.6) is 0 Å². The Balaban J connectivity index is 1.86. The van der Waals surface area contributed by atoms with Gasteiger partial charge in [0.05, 0.1) is 30.0 Å². The summed E-state index contributed by atoms with van der Waals surface area (Å²) in [5.74, 6) is -0.389. The van der Waals surface area contributed by atoms with E-state index in [-0.39, 0.29) is 25.5 Å². The van der Waals surface area contributed by atoms with E-state index < -0.39 is 11.7 Å². The Hall–Kier alpha value is -3.33. The molecule has 0 aliphatic carbocycles. The molecule has 2 heterocycles. The van der Waals surface area contributed by atoms with Gasteiger partial charge in [0.15, 0.2) is 0 Å². The maximum absolute atomic E-state index is 13.3. The number of benzene rings is 1. The molecule has 3 aromatic rings. The standard InChI is InChI=1S/C23H23F3N4O2/c1-3-32-22(31)7-16-6-17(11-27-10-16)21-5-4-19(23(24,25)26)8-18(21)12-28-13-20-14-29-15(2)9-30-20/h4-6,8-11,14,28H,3,7,12-13H2,1-2H3. The zero-order chi connectivity index (χ0) is 23.1. The van der Waals surface area contributed by atoms with Crippen molar-refractivity contribution in [1.29, 1.82) is 0 Å². The molecule has 0 atom stereocenters. The van der Waals surface area contributed by atoms with Gasteiger partial charge in [-0.3, -0.25) is 19.7 Å². The van der Waals surface area contributed by atoms with E-state index in [0.29, 0.717) is 34.5 Å². The zero-order valence-electron chi connectivity index (χ0n) is 17.7. The van der Waals surface area contributed by atoms with Crippen LogP contribution < -0.4 is 5.32 Å². The number of aromatic nitrogens is 3. The molecule has 0 aliphatic rings. The summed E-state index contributed by atoms with van der Waals surface area (Å²) in [6, 6.07) is 5.33. The van der Waals surface area contributed by atoms with Gasteiger partial charge in [-0.2, -0.15) is 13.2 Å². The zero-order valence-corrected chi connectivity index (χ0v) is 17.7. The van der Waals surface area contributed by atoms with Gasteiger partial charge in [-0.25, -0.2) is 0 Å². The number of aryl methyl sites for hydroxylation is 1. The third kappa shape index (κ3) is 6.34. The highest BCUT2D eigenvalue weighted by molar-refractivity contribution is 5.74. The number of carbonyl (C=O) groups is 1. The fourth-order valence-electron chi connectivity index (χ4n) is 3.14. The maximum Gasteiger partial charge on any atom is 0.416 e. The van der Waals surface area contributed by atoms with Crippen LogP contribution >= 0.6 is 0 Å². The predicted molar refractivity (Wildman–Crippen MR) is 112 cm³/mol. The van der Waals surface area contributed by atoms with Gasteiger partial charge in [0, 0.05) is 43.4 Å². The summed E-state index contributed by atoms with van der Waals surface area (Å²) in [5.41, 5.74) is 3.02. The summed E-state index contributed by atoms with van der Waals surface area (Å²) < 4.78 is 44.9. The largest absolute Gasteiger partial charge is 0.466 e. The number of hydrogen-bond donors (Lipinski definition) is 1. The molecule has 32 heavy (non-hydrogen) atoms. The highest BCUT2D eigenvalue weighted by atomic mass is 19.4. The van der Waals surface area contributed by atoms with Crippen molar-refractivity contribution in [1.82, 2.24) is 20.3 Å². The number of halogens is 3. The summed E-state index contributed by atoms with van der Waals surface area (Å²) in [5, 5.41) is 3.13. The predicted octanol–water partition coefficient (Wildman–Crippen LogP) is 4.26. The first-order valence-corrected chi connectivity index (χ1v) is 10.0. The molecular weight excluding hydrogens is 421 g/mol. The highest BCUT2D eigenvalue weighted by Gasteiger charge is 2.31. The lowest BCUT2D eigenvalue weighted by Crippen LogP contribution is -2.16. The molecule has 1 N–H and O–H groups in total. The average molecular weight is 444 g/mol. The average Bonchev–Trinajstić information content (AvgIpc) is 2.75. The van der Waals surface area contributed by atoms with Gasteiger partial charge in [-0.05, 0) is 48.7 Å². The van der Waals surface area contributed by atoms with E-state index in [1.807, 2.05) is 6.92 Å². The summed E-state index contributed by atoms with van der Waals surface area (Å²) in [4.78, 5) is 24.3. The van der Waals surface area contributed by atoms with Gasteiger partial charge in [-0.15, -0.1) is 0 Å². The summed E-state index contributed by atoms with van der Waals surface area (Å²) >= 11 is 0. The Morgan fingerprint density at radius 3 is 2.56 bits per heavy atom. The minimum Gasteiger partial charge on any atom is -0.466 e. The molecule has 0 saturated carbocycles. The van der Waals surface area contributed by atoms with Crippen molar-refractivity contribution in [2.24, 2.45) is 0 Å². The number of rotatable bonds is 8. The van der Waals surface area contributed by atoms with E-state index in [4.69, 9.17) is 4.74 Å². The lowest BCUT2D eigenvalue weighted by Gasteiger charge is -2.15. The topological polar surface area (TPSA) is 77.0 Å². The second-order valence-electron chi connectivity index (χ2n) is 7.19. The van der Waals surface area contributed by atoms with E-state index in [1.165, 1.54) is 6.07 Å². The van der Waals surface area contributed by atoms with Crippen LogP contribution in [0.2, 0.25) is 0 Å². The number of esters is 1. The number of alkyl halides is 3. The van der Waals surface area contributed by atoms with E-state index in [0.717, 1.165) is 17.8 Å². The van der Waals surface area contributed by atoms with E-state index in [1.54, 1.807) is 37.8 Å². The van der Waals surface area contributed by atoms with Crippen LogP contribution in [0.3, 0.4) is 0 Å². The van der Waals surface area contributed by atoms with Crippen LogP contribution in [0.15, 0.2) is 49.1 Å². The molecule has 0 bridgehead atoms. The van der Waals surface area contributed by atoms with Crippen LogP contribution in [0.1, 0.15) is 35.0 Å². The molecule has 0 fully saturated rings. The molecule has 1 aromatic carbocycles. The Morgan fingerprint density at radius 2 is 1.88 bits per heavy atom. The SMILES string of the molecule is CCOC(=O)Cc1cncc(-c2ccc(C(F)(F)F)cc2CNCc2cnc(C)cn2)c1. The van der Waals surface area contributed by atoms with E-state index in [2.05, 4.69) is 20.3 Å². The molecule has 0 amide bonds. The van der Waals surface area contributed by atoms with Crippen LogP contribution in [-0.2, 0) is 35.2 Å². The molecule has 168 valence electrons. The molecule has 0 saturated heterocycles. The number of hydrogen-bond acceptors (Lipinski definition) is 6. The minimum absolute atomic E-state index is 0.0367. The Kier molecular flexibility index (Phi) is 7.53. The number of pyridine rings is 1. The number of nitrogens with zero attached hydrogens (tertiary/aromatic N) is 3. The fraction of sp³-hybridized carbons (Fsp3) is 0.304. The van der Waals surface area contributed by atoms with Crippen molar-refractivity contribution in [2.75, 3.05) is 6.61 Å². The second kappa shape index (κ2) is 10.3. The lowest BCUT2D eigenvalue weighted by atomic mass is 9.97. The monoisotopic (exact) mass is 444 g/mol. The van der Waals surface area contributed by atoms with Gasteiger partial charge < -0.3 is 10.1 Å². The van der Waals surface area contributed by atoms with E-state index >= 15 is 0 Å². The van der Waals surface area contributed by atoms with Crippen LogP contribution in [-0.4, -0.2) is 27.5 Å². The van der Waals surface area contributed by atoms with Crippen LogP contribution in [0, 0.1) is 6.92 Å². The summed E-state index contributed by atoms with van der Waals surface area (Å²) in [6.45, 7) is 4.34. The van der Waals surface area contributed by atoms with E-state index in [9.17, 15) is 18.0 Å². The molecular formula is C23H23F3N4O2. The summed E-state index contributed by atoms with van der Waals surface area (Å²) in [6.07, 6.45) is 1.94. The van der Waals surface area contributed by atoms with Gasteiger partial charge in [0.25, 0.3) is 0 Å².